The topological polar surface area (TPSA) is 231 Å². The molecule has 16 nitrogen and oxygen atoms in total. The Morgan fingerprint density at radius 3 is 0.800 bits per heavy atom. The molecule has 0 saturated carbocycles. The van der Waals surface area contributed by atoms with Crippen molar-refractivity contribution < 1.29 is 75.8 Å². The Kier molecular flexibility index (Phi) is 73.4. The van der Waals surface area contributed by atoms with Gasteiger partial charge in [0.05, 0.1) is 26.4 Å². The molecule has 0 amide bonds. The summed E-state index contributed by atoms with van der Waals surface area (Å²) in [6, 6.07) is 0. The van der Waals surface area contributed by atoms with Gasteiger partial charge in [-0.25, -0.2) is 9.13 Å². The molecule has 4 N–H and O–H groups in total. The van der Waals surface area contributed by atoms with Crippen LogP contribution in [0.3, 0.4) is 0 Å². The second kappa shape index (κ2) is 77.7. The van der Waals surface area contributed by atoms with Crippen LogP contribution in [0.2, 0.25) is 0 Å². The fourth-order valence-electron chi connectivity index (χ4n) is 9.61. The number of aliphatic hydroxyl groups excluding tert-OH is 2. The van der Waals surface area contributed by atoms with E-state index in [9.17, 15) is 43.5 Å². The van der Waals surface area contributed by atoms with Crippen molar-refractivity contribution in [2.24, 2.45) is 0 Å². The molecule has 0 aromatic heterocycles. The number of rotatable bonds is 72. The minimum absolute atomic E-state index is 0.00784. The molecule has 0 saturated heterocycles. The fraction of sp³-hybridized carbons (Fsp3) is 0.575. The molecule has 0 aromatic carbocycles. The minimum atomic E-state index is -4.97. The van der Waals surface area contributed by atoms with Gasteiger partial charge in [0.25, 0.3) is 0 Å². The molecule has 0 fully saturated rings. The van der Waals surface area contributed by atoms with E-state index < -0.39 is 91.5 Å². The molecule has 0 heterocycles. The van der Waals surface area contributed by atoms with Crippen LogP contribution in [-0.4, -0.2) is 95.9 Å². The maximum absolute atomic E-state index is 12.9. The van der Waals surface area contributed by atoms with Gasteiger partial charge in [-0.05, 0) is 161 Å². The number of ether oxygens (including phenoxy) is 3. The van der Waals surface area contributed by atoms with Crippen molar-refractivity contribution in [2.75, 3.05) is 39.6 Å². The molecular formula is C87H138O16P2. The molecular weight excluding hydrogens is 1360 g/mol. The summed E-state index contributed by atoms with van der Waals surface area (Å²) in [6.45, 7) is 2.18. The van der Waals surface area contributed by atoms with Crippen LogP contribution in [0.25, 0.3) is 0 Å². The molecule has 592 valence electrons. The van der Waals surface area contributed by atoms with Crippen LogP contribution in [0.15, 0.2) is 207 Å². The molecule has 0 aromatic rings. The number of carbonyl (C=O) groups is 3. The highest BCUT2D eigenvalue weighted by molar-refractivity contribution is 7.47. The van der Waals surface area contributed by atoms with Gasteiger partial charge in [0, 0.05) is 19.3 Å². The first-order valence-corrected chi connectivity index (χ1v) is 42.4. The fourth-order valence-corrected chi connectivity index (χ4v) is 11.2. The predicted molar refractivity (Wildman–Crippen MR) is 435 cm³/mol. The van der Waals surface area contributed by atoms with Crippen LogP contribution < -0.4 is 0 Å². The maximum Gasteiger partial charge on any atom is 0.472 e. The number of hydrogen-bond acceptors (Lipinski definition) is 14. The van der Waals surface area contributed by atoms with Gasteiger partial charge in [-0.15, -0.1) is 0 Å². The first kappa shape index (κ1) is 99.1. The van der Waals surface area contributed by atoms with Gasteiger partial charge in [0.2, 0.25) is 0 Å². The standard InChI is InChI=1S/C87H138O16P2/c1-4-7-10-13-16-19-22-25-28-31-33-35-36-37-38-39-40-41-42-43-44-46-48-50-52-55-58-61-64-67-70-73-85(90)97-76-82(88)77-99-104(93,94)100-78-83(89)79-101-105(95,96)102-81-84(103-87(92)75-72-69-66-63-60-57-54-49-30-27-24-21-18-15-12-9-6-3)80-98-86(91)74-71-68-65-62-59-56-53-51-47-45-34-32-29-26-23-20-17-14-11-8-5-2/h7-12,16-21,25-30,33-35,37-38,40-41,45,51,53-54,57,59,62-63,66,82-84,88-89H,4-6,13-15,22-24,31-32,36,39,42-44,46-50,52,55-56,58,60-61,64-65,67-81H2,1-3H3,(H,93,94)(H,95,96)/b10-7-,11-8-,12-9-,19-16-,20-17-,21-18-,28-25-,29-26-,30-27-,35-33-,38-37-,41-40-,45-34-,53-51-,57-54-,62-59-,66-63-. The number of carbonyl (C=O) groups excluding carboxylic acids is 3. The molecule has 0 radical (unpaired) electrons. The second-order valence-corrected chi connectivity index (χ2v) is 28.3. The Labute approximate surface area is 635 Å². The average molecular weight is 1500 g/mol. The number of unbranched alkanes of at least 4 members (excludes halogenated alkanes) is 15. The SMILES string of the molecule is CC/C=C\C/C=C\C/C=C\C/C=C\C/C=C\C/C=C\CCCCCCCCCCCCCCC(=O)OCC(O)COP(=O)(O)OCC(O)COP(=O)(O)OCC(COC(=O)CCCC/C=C\C/C=C\C/C=C\C/C=C\C/C=C\C/C=C\CC)OC(=O)CCC/C=C\C/C=C\C/C=C\C/C=C\C/C=C\CC. The van der Waals surface area contributed by atoms with Gasteiger partial charge in [-0.3, -0.25) is 32.5 Å². The van der Waals surface area contributed by atoms with Crippen LogP contribution in [0.1, 0.15) is 265 Å². The Balaban J connectivity index is 4.64. The van der Waals surface area contributed by atoms with E-state index in [1.165, 1.54) is 44.9 Å². The zero-order valence-corrected chi connectivity index (χ0v) is 66.3. The summed E-state index contributed by atoms with van der Waals surface area (Å²) in [5.74, 6) is -1.71. The highest BCUT2D eigenvalue weighted by Crippen LogP contribution is 2.45. The number of phosphoric ester groups is 2. The summed E-state index contributed by atoms with van der Waals surface area (Å²) in [5, 5.41) is 20.6. The van der Waals surface area contributed by atoms with Crippen molar-refractivity contribution in [3.63, 3.8) is 0 Å². The second-order valence-electron chi connectivity index (χ2n) is 25.4. The lowest BCUT2D eigenvalue weighted by atomic mass is 10.0. The number of allylic oxidation sites excluding steroid dienone is 34. The van der Waals surface area contributed by atoms with Crippen molar-refractivity contribution in [3.05, 3.63) is 207 Å². The average Bonchev–Trinajstić information content (AvgIpc) is 0.917. The third-order valence-electron chi connectivity index (χ3n) is 15.5. The summed E-state index contributed by atoms with van der Waals surface area (Å²) < 4.78 is 61.0. The van der Waals surface area contributed by atoms with E-state index in [0.717, 1.165) is 154 Å². The first-order chi connectivity index (χ1) is 51.2. The smallest absolute Gasteiger partial charge is 0.463 e. The monoisotopic (exact) mass is 1500 g/mol. The summed E-state index contributed by atoms with van der Waals surface area (Å²) in [5.41, 5.74) is 0. The minimum Gasteiger partial charge on any atom is -0.463 e. The lowest BCUT2D eigenvalue weighted by molar-refractivity contribution is -0.161. The molecule has 0 aliphatic heterocycles. The first-order valence-electron chi connectivity index (χ1n) is 39.4. The quantitative estimate of drug-likeness (QED) is 0.0146. The Morgan fingerprint density at radius 1 is 0.267 bits per heavy atom. The molecule has 0 aliphatic carbocycles. The van der Waals surface area contributed by atoms with Crippen molar-refractivity contribution >= 4 is 33.6 Å². The number of hydrogen-bond donors (Lipinski definition) is 4. The lowest BCUT2D eigenvalue weighted by Gasteiger charge is -2.21. The van der Waals surface area contributed by atoms with Crippen LogP contribution in [-0.2, 0) is 55.8 Å². The van der Waals surface area contributed by atoms with Gasteiger partial charge in [-0.2, -0.15) is 0 Å². The summed E-state index contributed by atoms with van der Waals surface area (Å²) in [4.78, 5) is 58.6. The van der Waals surface area contributed by atoms with E-state index in [0.29, 0.717) is 25.7 Å². The highest BCUT2D eigenvalue weighted by Gasteiger charge is 2.29. The molecule has 0 rings (SSSR count). The van der Waals surface area contributed by atoms with Gasteiger partial charge >= 0.3 is 33.6 Å². The van der Waals surface area contributed by atoms with Crippen molar-refractivity contribution in [2.45, 2.75) is 283 Å². The van der Waals surface area contributed by atoms with Crippen LogP contribution in [0, 0.1) is 0 Å². The zero-order chi connectivity index (χ0) is 76.6. The predicted octanol–water partition coefficient (Wildman–Crippen LogP) is 23.3. The molecule has 0 spiro atoms. The van der Waals surface area contributed by atoms with E-state index in [1.807, 2.05) is 12.2 Å². The van der Waals surface area contributed by atoms with Crippen molar-refractivity contribution in [1.29, 1.82) is 0 Å². The lowest BCUT2D eigenvalue weighted by Crippen LogP contribution is -2.30. The number of aliphatic hydroxyl groups is 2. The van der Waals surface area contributed by atoms with E-state index in [1.54, 1.807) is 0 Å². The normalized spacial score (nSPS) is 15.1. The zero-order valence-electron chi connectivity index (χ0n) is 64.6. The molecule has 0 aliphatic rings. The van der Waals surface area contributed by atoms with Gasteiger partial charge in [-0.1, -0.05) is 292 Å². The van der Waals surface area contributed by atoms with E-state index in [4.69, 9.17) is 32.3 Å². The molecule has 5 unspecified atom stereocenters. The molecule has 0 bridgehead atoms. The third kappa shape index (κ3) is 79.0. The van der Waals surface area contributed by atoms with E-state index in [2.05, 4.69) is 215 Å². The van der Waals surface area contributed by atoms with Gasteiger partial charge in [0.15, 0.2) is 6.10 Å². The maximum atomic E-state index is 12.9. The van der Waals surface area contributed by atoms with Crippen LogP contribution in [0.4, 0.5) is 0 Å². The largest absolute Gasteiger partial charge is 0.472 e. The summed E-state index contributed by atoms with van der Waals surface area (Å²) in [6.07, 6.45) is 103. The van der Waals surface area contributed by atoms with Crippen molar-refractivity contribution in [3.8, 4) is 0 Å². The third-order valence-corrected chi connectivity index (χ3v) is 17.4. The number of phosphoric acid groups is 2. The highest BCUT2D eigenvalue weighted by atomic mass is 31.2. The number of esters is 3. The van der Waals surface area contributed by atoms with Gasteiger partial charge < -0.3 is 34.2 Å². The van der Waals surface area contributed by atoms with E-state index >= 15 is 0 Å². The Bertz CT molecular complexity index is 2740. The van der Waals surface area contributed by atoms with Gasteiger partial charge in [0.1, 0.15) is 25.4 Å². The Hall–Kier alpha value is -5.87. The molecule has 5 atom stereocenters. The molecule has 18 heteroatoms. The van der Waals surface area contributed by atoms with E-state index in [-0.39, 0.29) is 19.3 Å². The van der Waals surface area contributed by atoms with Crippen molar-refractivity contribution in [1.82, 2.24) is 0 Å². The summed E-state index contributed by atoms with van der Waals surface area (Å²) in [7, 11) is -9.84. The van der Waals surface area contributed by atoms with Crippen LogP contribution >= 0.6 is 15.6 Å². The Morgan fingerprint density at radius 2 is 0.486 bits per heavy atom. The molecule has 105 heavy (non-hydrogen) atoms. The van der Waals surface area contributed by atoms with Crippen LogP contribution in [0.5, 0.6) is 0 Å². The summed E-state index contributed by atoms with van der Waals surface area (Å²) >= 11 is 0.